The minimum Gasteiger partial charge on any atom is -0.497 e. The van der Waals surface area contributed by atoms with Gasteiger partial charge in [-0.2, -0.15) is 0 Å². The first-order chi connectivity index (χ1) is 11.7. The van der Waals surface area contributed by atoms with Gasteiger partial charge in [-0.25, -0.2) is 0 Å². The van der Waals surface area contributed by atoms with Crippen molar-refractivity contribution in [3.8, 4) is 5.75 Å². The van der Waals surface area contributed by atoms with Crippen LogP contribution in [0.15, 0.2) is 30.4 Å². The molecule has 24 heavy (non-hydrogen) atoms. The lowest BCUT2D eigenvalue weighted by molar-refractivity contribution is -0.127. The number of nitrogens with zero attached hydrogens (tertiary/aromatic N) is 2. The molecule has 1 amide bonds. The van der Waals surface area contributed by atoms with Crippen LogP contribution in [0.3, 0.4) is 0 Å². The van der Waals surface area contributed by atoms with Gasteiger partial charge in [0.25, 0.3) is 0 Å². The van der Waals surface area contributed by atoms with Gasteiger partial charge in [0.1, 0.15) is 5.75 Å². The Labute approximate surface area is 142 Å². The normalized spacial score (nSPS) is 41.4. The Morgan fingerprint density at radius 1 is 1.29 bits per heavy atom. The molecule has 1 aliphatic carbocycles. The summed E-state index contributed by atoms with van der Waals surface area (Å²) in [5.74, 6) is 1.65. The molecule has 0 N–H and O–H groups in total. The van der Waals surface area contributed by atoms with Crippen molar-refractivity contribution < 1.29 is 9.53 Å². The number of carbonyl (C=O) groups is 1. The average Bonchev–Trinajstić information content (AvgIpc) is 3.04. The molecule has 3 fully saturated rings. The van der Waals surface area contributed by atoms with Crippen molar-refractivity contribution in [3.63, 3.8) is 0 Å². The third kappa shape index (κ3) is 1.25. The predicted octanol–water partition coefficient (Wildman–Crippen LogP) is 2.69. The minimum absolute atomic E-state index is 0.0208. The zero-order valence-corrected chi connectivity index (χ0v) is 14.0. The van der Waals surface area contributed by atoms with Crippen molar-refractivity contribution in [2.45, 2.75) is 43.2 Å². The van der Waals surface area contributed by atoms with Crippen molar-refractivity contribution in [1.82, 2.24) is 4.90 Å². The van der Waals surface area contributed by atoms with Gasteiger partial charge >= 0.3 is 0 Å². The standard InChI is InChI=1S/C20H22N2O2/c1-24-13-3-4-14-15-5-10-21-9-2-6-19-7-8-20(15,18(19)21)22(16(14)11-13)17(23)12-19/h2-4,6,11,15,18H,5,7-10,12H2,1H3. The summed E-state index contributed by atoms with van der Waals surface area (Å²) in [6.45, 7) is 2.19. The second-order valence-electron chi connectivity index (χ2n) is 8.20. The highest BCUT2D eigenvalue weighted by atomic mass is 16.5. The number of hydrogen-bond donors (Lipinski definition) is 0. The van der Waals surface area contributed by atoms with Gasteiger partial charge in [0.05, 0.1) is 18.3 Å². The number of benzene rings is 1. The molecule has 5 aliphatic rings. The number of piperidine rings is 2. The van der Waals surface area contributed by atoms with E-state index in [1.807, 2.05) is 0 Å². The highest BCUT2D eigenvalue weighted by Crippen LogP contribution is 2.68. The molecule has 4 heteroatoms. The molecular formula is C20H22N2O2. The molecule has 0 radical (unpaired) electrons. The van der Waals surface area contributed by atoms with E-state index in [0.717, 1.165) is 43.8 Å². The first-order valence-corrected chi connectivity index (χ1v) is 9.12. The summed E-state index contributed by atoms with van der Waals surface area (Å²) in [7, 11) is 1.70. The lowest BCUT2D eigenvalue weighted by atomic mass is 9.63. The molecule has 2 saturated heterocycles. The Kier molecular flexibility index (Phi) is 2.27. The minimum atomic E-state index is -0.0208. The van der Waals surface area contributed by atoms with Crippen LogP contribution in [0.2, 0.25) is 0 Å². The molecule has 2 bridgehead atoms. The zero-order valence-electron chi connectivity index (χ0n) is 14.0. The molecule has 4 aliphatic heterocycles. The Balaban J connectivity index is 1.63. The van der Waals surface area contributed by atoms with Crippen molar-refractivity contribution in [2.24, 2.45) is 5.41 Å². The van der Waals surface area contributed by atoms with Gasteiger partial charge < -0.3 is 9.64 Å². The third-order valence-electron chi connectivity index (χ3n) is 7.47. The molecule has 1 saturated carbocycles. The first-order valence-electron chi connectivity index (χ1n) is 9.12. The number of carbonyl (C=O) groups excluding carboxylic acids is 1. The molecule has 1 spiro atoms. The third-order valence-corrected chi connectivity index (χ3v) is 7.47. The molecule has 4 heterocycles. The van der Waals surface area contributed by atoms with E-state index in [1.165, 1.54) is 5.56 Å². The lowest BCUT2D eigenvalue weighted by Crippen LogP contribution is -2.72. The molecule has 0 aromatic heterocycles. The second-order valence-corrected chi connectivity index (χ2v) is 8.20. The SMILES string of the molecule is COc1ccc2c(c1)N1C(=O)CC34C=CCN5CCC2C1(CC3)C54. The van der Waals surface area contributed by atoms with E-state index in [1.54, 1.807) is 7.11 Å². The Morgan fingerprint density at radius 3 is 3.08 bits per heavy atom. The quantitative estimate of drug-likeness (QED) is 0.745. The monoisotopic (exact) mass is 322 g/mol. The van der Waals surface area contributed by atoms with E-state index in [-0.39, 0.29) is 11.0 Å². The molecule has 6 rings (SSSR count). The zero-order chi connectivity index (χ0) is 16.1. The molecule has 124 valence electrons. The fourth-order valence-corrected chi connectivity index (χ4v) is 6.87. The fourth-order valence-electron chi connectivity index (χ4n) is 6.87. The van der Waals surface area contributed by atoms with Crippen molar-refractivity contribution in [1.29, 1.82) is 0 Å². The van der Waals surface area contributed by atoms with Gasteiger partial charge in [-0.05, 0) is 37.4 Å². The van der Waals surface area contributed by atoms with Gasteiger partial charge in [0.15, 0.2) is 0 Å². The highest BCUT2D eigenvalue weighted by Gasteiger charge is 2.72. The van der Waals surface area contributed by atoms with Crippen molar-refractivity contribution in [2.75, 3.05) is 25.1 Å². The Hall–Kier alpha value is -1.81. The number of anilines is 1. The molecule has 1 aromatic rings. The van der Waals surface area contributed by atoms with Crippen LogP contribution in [0.25, 0.3) is 0 Å². The van der Waals surface area contributed by atoms with Crippen LogP contribution in [-0.2, 0) is 4.79 Å². The highest BCUT2D eigenvalue weighted by molar-refractivity contribution is 6.01. The molecule has 4 nitrogen and oxygen atoms in total. The van der Waals surface area contributed by atoms with Crippen molar-refractivity contribution in [3.05, 3.63) is 35.9 Å². The van der Waals surface area contributed by atoms with Crippen LogP contribution in [0, 0.1) is 5.41 Å². The van der Waals surface area contributed by atoms with Crippen LogP contribution in [0.5, 0.6) is 5.75 Å². The van der Waals surface area contributed by atoms with E-state index in [2.05, 4.69) is 40.2 Å². The maximum Gasteiger partial charge on any atom is 0.228 e. The van der Waals surface area contributed by atoms with Gasteiger partial charge in [-0.1, -0.05) is 18.2 Å². The van der Waals surface area contributed by atoms with Crippen molar-refractivity contribution >= 4 is 11.6 Å². The summed E-state index contributed by atoms with van der Waals surface area (Å²) in [5.41, 5.74) is 2.55. The maximum absolute atomic E-state index is 13.3. The maximum atomic E-state index is 13.3. The Morgan fingerprint density at radius 2 is 2.21 bits per heavy atom. The largest absolute Gasteiger partial charge is 0.497 e. The van der Waals surface area contributed by atoms with Crippen LogP contribution >= 0.6 is 0 Å². The topological polar surface area (TPSA) is 32.8 Å². The van der Waals surface area contributed by atoms with Gasteiger partial charge in [-0.3, -0.25) is 9.69 Å². The van der Waals surface area contributed by atoms with E-state index >= 15 is 0 Å². The lowest BCUT2D eigenvalue weighted by Gasteiger charge is -2.59. The predicted molar refractivity (Wildman–Crippen MR) is 91.4 cm³/mol. The van der Waals surface area contributed by atoms with Crippen LogP contribution in [0.4, 0.5) is 5.69 Å². The second kappa shape index (κ2) is 4.05. The van der Waals surface area contributed by atoms with Crippen LogP contribution in [0.1, 0.15) is 37.2 Å². The Bertz CT molecular complexity index is 803. The van der Waals surface area contributed by atoms with E-state index in [4.69, 9.17) is 4.74 Å². The summed E-state index contributed by atoms with van der Waals surface area (Å²) in [5, 5.41) is 0. The summed E-state index contributed by atoms with van der Waals surface area (Å²) in [6, 6.07) is 6.86. The molecule has 4 atom stereocenters. The average molecular weight is 322 g/mol. The number of fused-ring (bicyclic) bond motifs is 3. The number of rotatable bonds is 1. The smallest absolute Gasteiger partial charge is 0.228 e. The summed E-state index contributed by atoms with van der Waals surface area (Å²) in [4.78, 5) is 18.1. The van der Waals surface area contributed by atoms with Gasteiger partial charge in [-0.15, -0.1) is 0 Å². The van der Waals surface area contributed by atoms with Gasteiger partial charge in [0, 0.05) is 36.4 Å². The van der Waals surface area contributed by atoms with E-state index in [9.17, 15) is 4.79 Å². The molecule has 1 aromatic carbocycles. The van der Waals surface area contributed by atoms with Crippen LogP contribution in [-0.4, -0.2) is 42.6 Å². The van der Waals surface area contributed by atoms with E-state index in [0.29, 0.717) is 24.3 Å². The van der Waals surface area contributed by atoms with E-state index < -0.39 is 0 Å². The summed E-state index contributed by atoms with van der Waals surface area (Å²) < 4.78 is 5.46. The summed E-state index contributed by atoms with van der Waals surface area (Å²) >= 11 is 0. The fraction of sp³-hybridized carbons (Fsp3) is 0.550. The van der Waals surface area contributed by atoms with Gasteiger partial charge in [0.2, 0.25) is 5.91 Å². The molecular weight excluding hydrogens is 300 g/mol. The molecule has 4 unspecified atom stereocenters. The first kappa shape index (κ1) is 13.5. The number of methoxy groups -OCH3 is 1. The summed E-state index contributed by atoms with van der Waals surface area (Å²) in [6.07, 6.45) is 8.80. The van der Waals surface area contributed by atoms with Crippen LogP contribution < -0.4 is 9.64 Å². The number of hydrogen-bond acceptors (Lipinski definition) is 3. The number of amides is 1. The number of ether oxygens (including phenoxy) is 1.